The van der Waals surface area contributed by atoms with Crippen LogP contribution < -0.4 is 5.32 Å². The minimum atomic E-state index is -0.449. The van der Waals surface area contributed by atoms with Crippen molar-refractivity contribution in [1.82, 2.24) is 5.32 Å². The van der Waals surface area contributed by atoms with Gasteiger partial charge in [-0.3, -0.25) is 0 Å². The third-order valence-electron chi connectivity index (χ3n) is 2.84. The summed E-state index contributed by atoms with van der Waals surface area (Å²) >= 11 is 7.03. The van der Waals surface area contributed by atoms with Crippen molar-refractivity contribution >= 4 is 38.0 Å². The van der Waals surface area contributed by atoms with Crippen LogP contribution in [0.2, 0.25) is 0 Å². The molecule has 0 heterocycles. The van der Waals surface area contributed by atoms with E-state index in [-0.39, 0.29) is 12.1 Å². The van der Waals surface area contributed by atoms with Crippen LogP contribution in [0.4, 0.5) is 4.79 Å². The fourth-order valence-electron chi connectivity index (χ4n) is 2.05. The Morgan fingerprint density at radius 3 is 2.56 bits per heavy atom. The van der Waals surface area contributed by atoms with E-state index in [0.29, 0.717) is 0 Å². The average molecular weight is 383 g/mol. The Balaban J connectivity index is 2.68. The van der Waals surface area contributed by atoms with Crippen molar-refractivity contribution in [2.45, 2.75) is 51.7 Å². The minimum Gasteiger partial charge on any atom is -0.444 e. The van der Waals surface area contributed by atoms with E-state index in [9.17, 15) is 4.79 Å². The number of amides is 1. The molecular weight excluding hydrogens is 362 g/mol. The zero-order valence-corrected chi connectivity index (χ0v) is 14.4. The lowest BCUT2D eigenvalue weighted by Gasteiger charge is -2.29. The van der Waals surface area contributed by atoms with Crippen molar-refractivity contribution in [3.05, 3.63) is 11.1 Å². The quantitative estimate of drug-likeness (QED) is 0.588. The molecule has 5 heteroatoms. The van der Waals surface area contributed by atoms with E-state index in [1.165, 1.54) is 11.1 Å². The summed E-state index contributed by atoms with van der Waals surface area (Å²) < 4.78 is 5.30. The lowest BCUT2D eigenvalue weighted by Crippen LogP contribution is -2.42. The van der Waals surface area contributed by atoms with Crippen LogP contribution in [0.3, 0.4) is 0 Å². The smallest absolute Gasteiger partial charge is 0.408 e. The van der Waals surface area contributed by atoms with Crippen molar-refractivity contribution < 1.29 is 9.53 Å². The summed E-state index contributed by atoms with van der Waals surface area (Å²) in [5.41, 5.74) is 2.22. The van der Waals surface area contributed by atoms with Crippen LogP contribution in [0.25, 0.3) is 0 Å². The van der Waals surface area contributed by atoms with Gasteiger partial charge in [0.15, 0.2) is 0 Å². The van der Waals surface area contributed by atoms with Gasteiger partial charge in [0, 0.05) is 10.7 Å². The third-order valence-corrected chi connectivity index (χ3v) is 4.12. The summed E-state index contributed by atoms with van der Waals surface area (Å²) in [6.07, 6.45) is 2.87. The topological polar surface area (TPSA) is 38.3 Å². The second-order valence-corrected chi connectivity index (χ2v) is 6.61. The molecule has 0 aromatic heterocycles. The monoisotopic (exact) mass is 381 g/mol. The number of alkyl carbamates (subject to hydrolysis) is 1. The van der Waals surface area contributed by atoms with Gasteiger partial charge in [-0.15, -0.1) is 0 Å². The zero-order chi connectivity index (χ0) is 13.8. The molecule has 18 heavy (non-hydrogen) atoms. The average Bonchev–Trinajstić information content (AvgIpc) is 2.25. The molecule has 0 saturated carbocycles. The SMILES string of the molecule is CC(C)(C)OC(=O)NC1CCCC(CBr)=C1CBr. The van der Waals surface area contributed by atoms with E-state index in [2.05, 4.69) is 37.2 Å². The third kappa shape index (κ3) is 4.92. The Labute approximate surface area is 126 Å². The van der Waals surface area contributed by atoms with E-state index in [1.807, 2.05) is 20.8 Å². The van der Waals surface area contributed by atoms with Crippen LogP contribution in [-0.4, -0.2) is 28.4 Å². The van der Waals surface area contributed by atoms with Gasteiger partial charge in [0.05, 0.1) is 6.04 Å². The predicted molar refractivity (Wildman–Crippen MR) is 81.6 cm³/mol. The fraction of sp³-hybridized carbons (Fsp3) is 0.769. The molecule has 0 fully saturated rings. The highest BCUT2D eigenvalue weighted by molar-refractivity contribution is 9.09. The second-order valence-electron chi connectivity index (χ2n) is 5.49. The molecule has 0 aliphatic heterocycles. The maximum absolute atomic E-state index is 11.8. The molecule has 1 rings (SSSR count). The van der Waals surface area contributed by atoms with Crippen LogP contribution in [0.5, 0.6) is 0 Å². The summed E-state index contributed by atoms with van der Waals surface area (Å²) in [4.78, 5) is 11.8. The molecular formula is C13H21Br2NO2. The lowest BCUT2D eigenvalue weighted by molar-refractivity contribution is 0.0508. The number of halogens is 2. The summed E-state index contributed by atoms with van der Waals surface area (Å²) in [5, 5.41) is 4.65. The van der Waals surface area contributed by atoms with Gasteiger partial charge >= 0.3 is 6.09 Å². The summed E-state index contributed by atoms with van der Waals surface area (Å²) in [6, 6.07) is 0.0977. The number of hydrogen-bond acceptors (Lipinski definition) is 2. The highest BCUT2D eigenvalue weighted by atomic mass is 79.9. The Morgan fingerprint density at radius 2 is 2.06 bits per heavy atom. The summed E-state index contributed by atoms with van der Waals surface area (Å²) in [5.74, 6) is 0. The van der Waals surface area contributed by atoms with Gasteiger partial charge in [-0.2, -0.15) is 0 Å². The van der Waals surface area contributed by atoms with Crippen molar-refractivity contribution in [2.75, 3.05) is 10.7 Å². The van der Waals surface area contributed by atoms with Crippen LogP contribution in [0.1, 0.15) is 40.0 Å². The van der Waals surface area contributed by atoms with E-state index < -0.39 is 5.60 Å². The van der Waals surface area contributed by atoms with E-state index in [4.69, 9.17) is 4.74 Å². The van der Waals surface area contributed by atoms with E-state index in [1.54, 1.807) is 0 Å². The number of ether oxygens (including phenoxy) is 1. The minimum absolute atomic E-state index is 0.0977. The molecule has 1 unspecified atom stereocenters. The molecule has 0 spiro atoms. The maximum atomic E-state index is 11.8. The number of allylic oxidation sites excluding steroid dienone is 1. The summed E-state index contributed by atoms with van der Waals surface area (Å²) in [7, 11) is 0. The maximum Gasteiger partial charge on any atom is 0.408 e. The van der Waals surface area contributed by atoms with Gasteiger partial charge in [-0.25, -0.2) is 4.79 Å². The number of nitrogens with one attached hydrogen (secondary N) is 1. The van der Waals surface area contributed by atoms with Crippen molar-refractivity contribution in [2.24, 2.45) is 0 Å². The van der Waals surface area contributed by atoms with E-state index >= 15 is 0 Å². The molecule has 1 aliphatic carbocycles. The van der Waals surface area contributed by atoms with Crippen molar-refractivity contribution in [3.63, 3.8) is 0 Å². The van der Waals surface area contributed by atoms with Crippen LogP contribution in [0, 0.1) is 0 Å². The van der Waals surface area contributed by atoms with Gasteiger partial charge < -0.3 is 10.1 Å². The first-order valence-electron chi connectivity index (χ1n) is 6.19. The normalized spacial score (nSPS) is 20.8. The molecule has 0 bridgehead atoms. The predicted octanol–water partition coefficient (Wildman–Crippen LogP) is 4.15. The molecule has 1 amide bonds. The fourth-order valence-corrected chi connectivity index (χ4v) is 3.48. The lowest BCUT2D eigenvalue weighted by atomic mass is 9.89. The zero-order valence-electron chi connectivity index (χ0n) is 11.2. The van der Waals surface area contributed by atoms with Gasteiger partial charge in [0.1, 0.15) is 5.60 Å². The Bertz CT molecular complexity index is 334. The molecule has 1 atom stereocenters. The van der Waals surface area contributed by atoms with Crippen LogP contribution in [0.15, 0.2) is 11.1 Å². The Hall–Kier alpha value is -0.0300. The first kappa shape index (κ1) is 16.0. The van der Waals surface area contributed by atoms with E-state index in [0.717, 1.165) is 29.9 Å². The summed E-state index contributed by atoms with van der Waals surface area (Å²) in [6.45, 7) is 5.62. The molecule has 0 aromatic rings. The van der Waals surface area contributed by atoms with Crippen molar-refractivity contribution in [3.8, 4) is 0 Å². The van der Waals surface area contributed by atoms with Crippen LogP contribution in [-0.2, 0) is 4.74 Å². The number of carbonyl (C=O) groups is 1. The Kier molecular flexibility index (Phi) is 6.18. The highest BCUT2D eigenvalue weighted by Crippen LogP contribution is 2.28. The molecule has 0 radical (unpaired) electrons. The Morgan fingerprint density at radius 1 is 1.39 bits per heavy atom. The standard InChI is InChI=1S/C13H21Br2NO2/c1-13(2,3)18-12(17)16-11-6-4-5-9(7-14)10(11)8-15/h11H,4-8H2,1-3H3,(H,16,17). The molecule has 1 aliphatic rings. The van der Waals surface area contributed by atoms with Gasteiger partial charge in [0.25, 0.3) is 0 Å². The number of hydrogen-bond donors (Lipinski definition) is 1. The second kappa shape index (κ2) is 6.94. The first-order chi connectivity index (χ1) is 8.37. The highest BCUT2D eigenvalue weighted by Gasteiger charge is 2.25. The number of alkyl halides is 2. The molecule has 0 saturated heterocycles. The van der Waals surface area contributed by atoms with Crippen molar-refractivity contribution in [1.29, 1.82) is 0 Å². The van der Waals surface area contributed by atoms with Crippen LogP contribution >= 0.6 is 31.9 Å². The largest absolute Gasteiger partial charge is 0.444 e. The number of carbonyl (C=O) groups excluding carboxylic acids is 1. The first-order valence-corrected chi connectivity index (χ1v) is 8.44. The molecule has 0 aromatic carbocycles. The molecule has 3 nitrogen and oxygen atoms in total. The number of rotatable bonds is 3. The van der Waals surface area contributed by atoms with Gasteiger partial charge in [-0.1, -0.05) is 37.4 Å². The molecule has 104 valence electrons. The van der Waals surface area contributed by atoms with Gasteiger partial charge in [-0.05, 0) is 45.6 Å². The van der Waals surface area contributed by atoms with Gasteiger partial charge in [0.2, 0.25) is 0 Å². The molecule has 1 N–H and O–H groups in total.